The summed E-state index contributed by atoms with van der Waals surface area (Å²) >= 11 is 0. The maximum Gasteiger partial charge on any atom is 0.323 e. The molecule has 1 aromatic carbocycles. The third-order valence-corrected chi connectivity index (χ3v) is 2.16. The lowest BCUT2D eigenvalue weighted by atomic mass is 10.1. The van der Waals surface area contributed by atoms with Crippen molar-refractivity contribution in [3.63, 3.8) is 0 Å². The van der Waals surface area contributed by atoms with E-state index in [2.05, 4.69) is 4.98 Å². The van der Waals surface area contributed by atoms with Crippen LogP contribution >= 0.6 is 0 Å². The van der Waals surface area contributed by atoms with Crippen LogP contribution in [0.5, 0.6) is 5.75 Å². The highest BCUT2D eigenvalue weighted by atomic mass is 16.4. The number of imidazole rings is 1. The summed E-state index contributed by atoms with van der Waals surface area (Å²) in [5.74, 6) is -0.792. The van der Waals surface area contributed by atoms with Gasteiger partial charge in [0.1, 0.15) is 12.3 Å². The molecule has 0 fully saturated rings. The first kappa shape index (κ1) is 10.2. The highest BCUT2D eigenvalue weighted by Gasteiger charge is 2.08. The first-order valence-corrected chi connectivity index (χ1v) is 4.68. The SMILES string of the molecule is O=C(O)Cn1cncc1-c1cccc(O)c1. The summed E-state index contributed by atoms with van der Waals surface area (Å²) in [4.78, 5) is 14.5. The van der Waals surface area contributed by atoms with E-state index < -0.39 is 5.97 Å². The summed E-state index contributed by atoms with van der Waals surface area (Å²) in [5.41, 5.74) is 1.40. The smallest absolute Gasteiger partial charge is 0.323 e. The number of phenolic OH excluding ortho intramolecular Hbond substituents is 1. The number of nitrogens with zero attached hydrogens (tertiary/aromatic N) is 2. The molecule has 1 aromatic heterocycles. The van der Waals surface area contributed by atoms with Gasteiger partial charge in [-0.25, -0.2) is 4.98 Å². The summed E-state index contributed by atoms with van der Waals surface area (Å²) in [5, 5.41) is 18.1. The molecule has 16 heavy (non-hydrogen) atoms. The number of hydrogen-bond acceptors (Lipinski definition) is 3. The van der Waals surface area contributed by atoms with E-state index in [-0.39, 0.29) is 12.3 Å². The minimum absolute atomic E-state index is 0.139. The van der Waals surface area contributed by atoms with Gasteiger partial charge in [0.15, 0.2) is 0 Å². The molecule has 0 saturated carbocycles. The van der Waals surface area contributed by atoms with Gasteiger partial charge >= 0.3 is 5.97 Å². The number of carboxylic acids is 1. The Morgan fingerprint density at radius 2 is 2.25 bits per heavy atom. The van der Waals surface area contributed by atoms with Crippen LogP contribution in [-0.2, 0) is 11.3 Å². The van der Waals surface area contributed by atoms with Gasteiger partial charge in [-0.2, -0.15) is 0 Å². The van der Waals surface area contributed by atoms with E-state index in [0.29, 0.717) is 5.69 Å². The van der Waals surface area contributed by atoms with E-state index >= 15 is 0 Å². The topological polar surface area (TPSA) is 75.3 Å². The molecule has 82 valence electrons. The fraction of sp³-hybridized carbons (Fsp3) is 0.0909. The van der Waals surface area contributed by atoms with Gasteiger partial charge in [-0.15, -0.1) is 0 Å². The first-order chi connectivity index (χ1) is 7.66. The van der Waals surface area contributed by atoms with Gasteiger partial charge in [0, 0.05) is 5.56 Å². The summed E-state index contributed by atoms with van der Waals surface area (Å²) in [6, 6.07) is 6.61. The Bertz CT molecular complexity index is 519. The van der Waals surface area contributed by atoms with Crippen molar-refractivity contribution >= 4 is 5.97 Å². The molecule has 0 atom stereocenters. The molecule has 5 heteroatoms. The van der Waals surface area contributed by atoms with E-state index in [9.17, 15) is 9.90 Å². The second-order valence-electron chi connectivity index (χ2n) is 3.35. The zero-order valence-electron chi connectivity index (χ0n) is 8.37. The number of aliphatic carboxylic acids is 1. The molecular formula is C11H10N2O3. The monoisotopic (exact) mass is 218 g/mol. The van der Waals surface area contributed by atoms with Crippen molar-refractivity contribution < 1.29 is 15.0 Å². The molecule has 0 aliphatic rings. The first-order valence-electron chi connectivity index (χ1n) is 4.68. The number of rotatable bonds is 3. The van der Waals surface area contributed by atoms with Crippen LogP contribution < -0.4 is 0 Å². The van der Waals surface area contributed by atoms with Crippen LogP contribution in [-0.4, -0.2) is 25.7 Å². The van der Waals surface area contributed by atoms with Crippen LogP contribution in [0.4, 0.5) is 0 Å². The van der Waals surface area contributed by atoms with Gasteiger partial charge in [-0.05, 0) is 12.1 Å². The molecule has 5 nitrogen and oxygen atoms in total. The zero-order chi connectivity index (χ0) is 11.5. The fourth-order valence-electron chi connectivity index (χ4n) is 1.50. The van der Waals surface area contributed by atoms with Crippen molar-refractivity contribution in [2.75, 3.05) is 0 Å². The van der Waals surface area contributed by atoms with Crippen LogP contribution in [0, 0.1) is 0 Å². The van der Waals surface area contributed by atoms with Crippen LogP contribution in [0.2, 0.25) is 0 Å². The fourth-order valence-corrected chi connectivity index (χ4v) is 1.50. The minimum Gasteiger partial charge on any atom is -0.508 e. The lowest BCUT2D eigenvalue weighted by molar-refractivity contribution is -0.137. The Kier molecular flexibility index (Phi) is 2.59. The summed E-state index contributed by atoms with van der Waals surface area (Å²) in [7, 11) is 0. The average molecular weight is 218 g/mol. The van der Waals surface area contributed by atoms with Crippen LogP contribution in [0.1, 0.15) is 0 Å². The number of aromatic nitrogens is 2. The predicted octanol–water partition coefficient (Wildman–Crippen LogP) is 1.34. The van der Waals surface area contributed by atoms with E-state index in [1.165, 1.54) is 10.9 Å². The van der Waals surface area contributed by atoms with E-state index in [1.807, 2.05) is 0 Å². The normalized spacial score (nSPS) is 10.2. The van der Waals surface area contributed by atoms with E-state index in [4.69, 9.17) is 5.11 Å². The second kappa shape index (κ2) is 4.06. The quantitative estimate of drug-likeness (QED) is 0.815. The van der Waals surface area contributed by atoms with Crippen LogP contribution in [0.15, 0.2) is 36.8 Å². The molecule has 0 unspecified atom stereocenters. The maximum atomic E-state index is 10.6. The van der Waals surface area contributed by atoms with Crippen molar-refractivity contribution in [3.8, 4) is 17.0 Å². The molecule has 2 rings (SSSR count). The molecule has 0 bridgehead atoms. The molecule has 0 radical (unpaired) electrons. The van der Waals surface area contributed by atoms with Gasteiger partial charge in [0.05, 0.1) is 18.2 Å². The molecule has 0 aliphatic heterocycles. The van der Waals surface area contributed by atoms with Crippen LogP contribution in [0.3, 0.4) is 0 Å². The van der Waals surface area contributed by atoms with Gasteiger partial charge in [-0.3, -0.25) is 4.79 Å². The highest BCUT2D eigenvalue weighted by Crippen LogP contribution is 2.22. The zero-order valence-corrected chi connectivity index (χ0v) is 8.37. The number of carboxylic acid groups (broad SMARTS) is 1. The lowest BCUT2D eigenvalue weighted by Gasteiger charge is -2.05. The molecule has 0 aliphatic carbocycles. The Morgan fingerprint density at radius 3 is 2.94 bits per heavy atom. The number of benzene rings is 1. The van der Waals surface area contributed by atoms with Gasteiger partial charge in [-0.1, -0.05) is 12.1 Å². The Labute approximate surface area is 91.6 Å². The number of aromatic hydroxyl groups is 1. The predicted molar refractivity (Wildman–Crippen MR) is 57.0 cm³/mol. The van der Waals surface area contributed by atoms with Crippen molar-refractivity contribution in [1.29, 1.82) is 0 Å². The average Bonchev–Trinajstić information content (AvgIpc) is 2.65. The van der Waals surface area contributed by atoms with Crippen LogP contribution in [0.25, 0.3) is 11.3 Å². The standard InChI is InChI=1S/C11H10N2O3/c14-9-3-1-2-8(4-9)10-5-12-7-13(10)6-11(15)16/h1-5,7,14H,6H2,(H,15,16). The summed E-state index contributed by atoms with van der Waals surface area (Å²) < 4.78 is 1.51. The summed E-state index contributed by atoms with van der Waals surface area (Å²) in [6.45, 7) is -0.148. The summed E-state index contributed by atoms with van der Waals surface area (Å²) in [6.07, 6.45) is 3.02. The van der Waals surface area contributed by atoms with Crippen molar-refractivity contribution in [2.24, 2.45) is 0 Å². The molecule has 0 amide bonds. The molecule has 2 aromatic rings. The third kappa shape index (κ3) is 2.03. The van der Waals surface area contributed by atoms with Gasteiger partial charge in [0.25, 0.3) is 0 Å². The van der Waals surface area contributed by atoms with Gasteiger partial charge < -0.3 is 14.8 Å². The lowest BCUT2D eigenvalue weighted by Crippen LogP contribution is -2.08. The third-order valence-electron chi connectivity index (χ3n) is 2.16. The van der Waals surface area contributed by atoms with Gasteiger partial charge in [0.2, 0.25) is 0 Å². The minimum atomic E-state index is -0.931. The Balaban J connectivity index is 2.40. The molecule has 1 heterocycles. The molecule has 0 spiro atoms. The molecule has 2 N–H and O–H groups in total. The van der Waals surface area contributed by atoms with Crippen molar-refractivity contribution in [3.05, 3.63) is 36.8 Å². The van der Waals surface area contributed by atoms with E-state index in [1.54, 1.807) is 30.5 Å². The second-order valence-corrected chi connectivity index (χ2v) is 3.35. The molecular weight excluding hydrogens is 208 g/mol. The Hall–Kier alpha value is -2.30. The van der Waals surface area contributed by atoms with Crippen molar-refractivity contribution in [2.45, 2.75) is 6.54 Å². The largest absolute Gasteiger partial charge is 0.508 e. The Morgan fingerprint density at radius 1 is 1.44 bits per heavy atom. The van der Waals surface area contributed by atoms with E-state index in [0.717, 1.165) is 5.56 Å². The number of carbonyl (C=O) groups is 1. The molecule has 0 saturated heterocycles. The van der Waals surface area contributed by atoms with Crippen molar-refractivity contribution in [1.82, 2.24) is 9.55 Å². The number of phenols is 1. The number of hydrogen-bond donors (Lipinski definition) is 2. The highest BCUT2D eigenvalue weighted by molar-refractivity contribution is 5.69. The maximum absolute atomic E-state index is 10.6.